The second-order valence-electron chi connectivity index (χ2n) is 4.57. The fourth-order valence-corrected chi connectivity index (χ4v) is 2.54. The van der Waals surface area contributed by atoms with Gasteiger partial charge >= 0.3 is 0 Å². The number of hydrogen-bond acceptors (Lipinski definition) is 2. The molecule has 2 fully saturated rings. The summed E-state index contributed by atoms with van der Waals surface area (Å²) in [7, 11) is 0. The molecule has 1 heterocycles. The van der Waals surface area contributed by atoms with Crippen molar-refractivity contribution in [3.8, 4) is 0 Å². The van der Waals surface area contributed by atoms with E-state index in [2.05, 4.69) is 10.6 Å². The first-order valence-corrected chi connectivity index (χ1v) is 6.37. The van der Waals surface area contributed by atoms with Crippen LogP contribution in [0.5, 0.6) is 0 Å². The summed E-state index contributed by atoms with van der Waals surface area (Å²) < 4.78 is 5.32. The van der Waals surface area contributed by atoms with Gasteiger partial charge in [-0.3, -0.25) is 0 Å². The minimum atomic E-state index is 0.616. The summed E-state index contributed by atoms with van der Waals surface area (Å²) in [5.74, 6) is 0.647. The minimum Gasteiger partial charge on any atom is -0.381 e. The van der Waals surface area contributed by atoms with Crippen molar-refractivity contribution in [3.63, 3.8) is 0 Å². The van der Waals surface area contributed by atoms with Gasteiger partial charge in [-0.1, -0.05) is 12.8 Å². The molecule has 3 nitrogen and oxygen atoms in total. The summed E-state index contributed by atoms with van der Waals surface area (Å²) in [6.07, 6.45) is 6.40. The van der Waals surface area contributed by atoms with Gasteiger partial charge in [-0.2, -0.15) is 0 Å². The number of ether oxygens (including phenoxy) is 1. The highest BCUT2D eigenvalue weighted by Gasteiger charge is 2.17. The Morgan fingerprint density at radius 2 is 2.07 bits per heavy atom. The van der Waals surface area contributed by atoms with Crippen molar-refractivity contribution in [2.24, 2.45) is 5.92 Å². The highest BCUT2D eigenvalue weighted by molar-refractivity contribution is 7.80. The van der Waals surface area contributed by atoms with Crippen LogP contribution in [0.25, 0.3) is 0 Å². The van der Waals surface area contributed by atoms with Crippen molar-refractivity contribution in [2.45, 2.75) is 38.1 Å². The van der Waals surface area contributed by atoms with E-state index in [-0.39, 0.29) is 0 Å². The summed E-state index contributed by atoms with van der Waals surface area (Å²) in [6, 6.07) is 0.616. The highest BCUT2D eigenvalue weighted by Crippen LogP contribution is 2.17. The van der Waals surface area contributed by atoms with E-state index in [1.807, 2.05) is 0 Å². The molecule has 86 valence electrons. The lowest BCUT2D eigenvalue weighted by atomic mass is 10.1. The van der Waals surface area contributed by atoms with E-state index in [0.29, 0.717) is 12.0 Å². The first kappa shape index (κ1) is 11.1. The Morgan fingerprint density at radius 3 is 2.73 bits per heavy atom. The molecule has 0 radical (unpaired) electrons. The molecular weight excluding hydrogens is 208 g/mol. The van der Waals surface area contributed by atoms with Gasteiger partial charge in [-0.05, 0) is 31.5 Å². The van der Waals surface area contributed by atoms with Crippen LogP contribution in [0.1, 0.15) is 32.1 Å². The molecule has 2 aliphatic rings. The summed E-state index contributed by atoms with van der Waals surface area (Å²) >= 11 is 5.26. The van der Waals surface area contributed by atoms with Crippen LogP contribution in [0.2, 0.25) is 0 Å². The third-order valence-electron chi connectivity index (χ3n) is 3.27. The van der Waals surface area contributed by atoms with E-state index in [4.69, 9.17) is 17.0 Å². The minimum absolute atomic E-state index is 0.616. The van der Waals surface area contributed by atoms with Gasteiger partial charge in [0.2, 0.25) is 0 Å². The summed E-state index contributed by atoms with van der Waals surface area (Å²) in [5, 5.41) is 7.50. The Labute approximate surface area is 96.9 Å². The van der Waals surface area contributed by atoms with E-state index in [9.17, 15) is 0 Å². The van der Waals surface area contributed by atoms with Gasteiger partial charge in [-0.25, -0.2) is 0 Å². The zero-order chi connectivity index (χ0) is 10.5. The zero-order valence-corrected chi connectivity index (χ0v) is 9.94. The lowest BCUT2D eigenvalue weighted by molar-refractivity contribution is 0.186. The van der Waals surface area contributed by atoms with Gasteiger partial charge in [0.1, 0.15) is 0 Å². The van der Waals surface area contributed by atoms with E-state index in [0.717, 1.165) is 24.9 Å². The molecule has 1 unspecified atom stereocenters. The van der Waals surface area contributed by atoms with Crippen molar-refractivity contribution in [1.82, 2.24) is 10.6 Å². The van der Waals surface area contributed by atoms with Crippen molar-refractivity contribution >= 4 is 17.3 Å². The van der Waals surface area contributed by atoms with Crippen LogP contribution >= 0.6 is 12.2 Å². The van der Waals surface area contributed by atoms with Gasteiger partial charge in [0, 0.05) is 25.1 Å². The Morgan fingerprint density at radius 1 is 1.27 bits per heavy atom. The SMILES string of the molecule is S=C(NCC1CCOC1)NC1CCCC1. The largest absolute Gasteiger partial charge is 0.381 e. The Hall–Kier alpha value is -0.350. The van der Waals surface area contributed by atoms with Crippen LogP contribution in [-0.2, 0) is 4.74 Å². The zero-order valence-electron chi connectivity index (χ0n) is 9.13. The smallest absolute Gasteiger partial charge is 0.166 e. The normalized spacial score (nSPS) is 26.8. The standard InChI is InChI=1S/C11H20N2OS/c15-11(13-10-3-1-2-4-10)12-7-9-5-6-14-8-9/h9-10H,1-8H2,(H2,12,13,15). The van der Waals surface area contributed by atoms with Crippen LogP contribution in [0.15, 0.2) is 0 Å². The van der Waals surface area contributed by atoms with Crippen molar-refractivity contribution in [3.05, 3.63) is 0 Å². The molecule has 1 aliphatic carbocycles. The number of rotatable bonds is 3. The summed E-state index contributed by atoms with van der Waals surface area (Å²) in [5.41, 5.74) is 0. The summed E-state index contributed by atoms with van der Waals surface area (Å²) in [4.78, 5) is 0. The molecule has 0 aromatic carbocycles. The van der Waals surface area contributed by atoms with Crippen molar-refractivity contribution < 1.29 is 4.74 Å². The molecule has 0 aromatic rings. The second kappa shape index (κ2) is 5.66. The quantitative estimate of drug-likeness (QED) is 0.716. The van der Waals surface area contributed by atoms with Crippen LogP contribution < -0.4 is 10.6 Å². The van der Waals surface area contributed by atoms with Gasteiger partial charge in [-0.15, -0.1) is 0 Å². The maximum absolute atomic E-state index is 5.32. The van der Waals surface area contributed by atoms with E-state index in [1.165, 1.54) is 32.1 Å². The molecule has 1 saturated heterocycles. The second-order valence-corrected chi connectivity index (χ2v) is 4.97. The third kappa shape index (κ3) is 3.61. The number of hydrogen-bond donors (Lipinski definition) is 2. The lowest BCUT2D eigenvalue weighted by Crippen LogP contribution is -2.42. The monoisotopic (exact) mass is 228 g/mol. The van der Waals surface area contributed by atoms with E-state index < -0.39 is 0 Å². The molecule has 0 amide bonds. The van der Waals surface area contributed by atoms with Crippen molar-refractivity contribution in [1.29, 1.82) is 0 Å². The van der Waals surface area contributed by atoms with Crippen LogP contribution in [-0.4, -0.2) is 30.9 Å². The average Bonchev–Trinajstić information content (AvgIpc) is 2.86. The van der Waals surface area contributed by atoms with Gasteiger partial charge in [0.15, 0.2) is 5.11 Å². The predicted molar refractivity (Wildman–Crippen MR) is 64.9 cm³/mol. The predicted octanol–water partition coefficient (Wildman–Crippen LogP) is 1.43. The van der Waals surface area contributed by atoms with Crippen LogP contribution in [0, 0.1) is 5.92 Å². The van der Waals surface area contributed by atoms with Crippen LogP contribution in [0.3, 0.4) is 0 Å². The molecular formula is C11H20N2OS. The fourth-order valence-electron chi connectivity index (χ4n) is 2.29. The molecule has 2 rings (SSSR count). The Bertz CT molecular complexity index is 211. The summed E-state index contributed by atoms with van der Waals surface area (Å²) in [6.45, 7) is 2.76. The Kier molecular flexibility index (Phi) is 4.20. The van der Waals surface area contributed by atoms with Crippen LogP contribution in [0.4, 0.5) is 0 Å². The maximum atomic E-state index is 5.32. The van der Waals surface area contributed by atoms with Gasteiger partial charge in [0.05, 0.1) is 6.61 Å². The molecule has 15 heavy (non-hydrogen) atoms. The molecule has 1 aliphatic heterocycles. The topological polar surface area (TPSA) is 33.3 Å². The van der Waals surface area contributed by atoms with E-state index >= 15 is 0 Å². The molecule has 0 aromatic heterocycles. The van der Waals surface area contributed by atoms with Crippen molar-refractivity contribution in [2.75, 3.05) is 19.8 Å². The fraction of sp³-hybridized carbons (Fsp3) is 0.909. The first-order chi connectivity index (χ1) is 7.34. The molecule has 1 saturated carbocycles. The molecule has 0 spiro atoms. The van der Waals surface area contributed by atoms with E-state index in [1.54, 1.807) is 0 Å². The first-order valence-electron chi connectivity index (χ1n) is 5.96. The lowest BCUT2D eigenvalue weighted by Gasteiger charge is -2.17. The van der Waals surface area contributed by atoms with Gasteiger partial charge in [0.25, 0.3) is 0 Å². The highest BCUT2D eigenvalue weighted by atomic mass is 32.1. The molecule has 4 heteroatoms. The molecule has 2 N–H and O–H groups in total. The number of nitrogens with one attached hydrogen (secondary N) is 2. The molecule has 0 bridgehead atoms. The Balaban J connectivity index is 1.59. The molecule has 1 atom stereocenters. The maximum Gasteiger partial charge on any atom is 0.166 e. The number of thiocarbonyl (C=S) groups is 1. The van der Waals surface area contributed by atoms with Gasteiger partial charge < -0.3 is 15.4 Å². The average molecular weight is 228 g/mol. The third-order valence-corrected chi connectivity index (χ3v) is 3.53.